The van der Waals surface area contributed by atoms with E-state index in [4.69, 9.17) is 18.9 Å². The topological polar surface area (TPSA) is 125 Å². The van der Waals surface area contributed by atoms with E-state index < -0.39 is 75.5 Å². The van der Waals surface area contributed by atoms with E-state index in [9.17, 15) is 24.3 Å². The van der Waals surface area contributed by atoms with Crippen LogP contribution >= 0.6 is 0 Å². The number of cyclic esters (lactones) is 2. The van der Waals surface area contributed by atoms with Gasteiger partial charge in [0.05, 0.1) is 5.60 Å². The van der Waals surface area contributed by atoms with Gasteiger partial charge in [-0.3, -0.25) is 9.59 Å². The molecule has 2 aliphatic heterocycles. The van der Waals surface area contributed by atoms with E-state index in [0.29, 0.717) is 24.8 Å². The SMILES string of the molecule is COC(C)(C)[C@@H](O)[C@H]1C=C([C@@H]2CC(=O)[C@@H]3[C@@]2(C)CC[C@@H]2[C@@]4(C)C=CC(=O)OC(C)(C)[C@@H]4C[C@@H](OC(C)=O)[C@]23C)C(=O)O1. The van der Waals surface area contributed by atoms with Gasteiger partial charge in [0.25, 0.3) is 0 Å². The Morgan fingerprint density at radius 2 is 1.79 bits per heavy atom. The summed E-state index contributed by atoms with van der Waals surface area (Å²) < 4.78 is 23.0. The second-order valence-corrected chi connectivity index (χ2v) is 15.0. The number of Topliss-reactive ketones (excluding diaryl/α,β-unsaturated/α-hetero) is 1. The van der Waals surface area contributed by atoms with Crippen molar-refractivity contribution in [3.05, 3.63) is 23.8 Å². The van der Waals surface area contributed by atoms with Crippen molar-refractivity contribution in [1.82, 2.24) is 0 Å². The molecule has 5 aliphatic rings. The normalized spacial score (nSPS) is 43.3. The van der Waals surface area contributed by atoms with Gasteiger partial charge < -0.3 is 24.1 Å². The van der Waals surface area contributed by atoms with Gasteiger partial charge in [-0.05, 0) is 69.8 Å². The smallest absolute Gasteiger partial charge is 0.334 e. The average molecular weight is 587 g/mol. The first kappa shape index (κ1) is 30.9. The van der Waals surface area contributed by atoms with Crippen LogP contribution in [-0.4, -0.2) is 65.4 Å². The molecule has 0 radical (unpaired) electrons. The molecule has 3 saturated carbocycles. The summed E-state index contributed by atoms with van der Waals surface area (Å²) in [5, 5.41) is 10.9. The molecule has 232 valence electrons. The summed E-state index contributed by atoms with van der Waals surface area (Å²) in [4.78, 5) is 52.7. The molecule has 10 atom stereocenters. The minimum Gasteiger partial charge on any atom is -0.462 e. The van der Waals surface area contributed by atoms with Gasteiger partial charge in [0.2, 0.25) is 0 Å². The molecular weight excluding hydrogens is 540 g/mol. The number of esters is 3. The lowest BCUT2D eigenvalue weighted by Crippen LogP contribution is -2.66. The Bertz CT molecular complexity index is 1260. The Balaban J connectivity index is 1.59. The molecule has 0 aromatic rings. The first-order valence-corrected chi connectivity index (χ1v) is 15.1. The summed E-state index contributed by atoms with van der Waals surface area (Å²) in [6, 6.07) is 0. The minimum absolute atomic E-state index is 0.0352. The third kappa shape index (κ3) is 4.32. The van der Waals surface area contributed by atoms with E-state index in [-0.39, 0.29) is 24.0 Å². The van der Waals surface area contributed by atoms with Gasteiger partial charge in [-0.1, -0.05) is 26.8 Å². The molecule has 0 aromatic heterocycles. The van der Waals surface area contributed by atoms with Crippen LogP contribution in [0, 0.1) is 39.9 Å². The molecule has 1 N–H and O–H groups in total. The third-order valence-corrected chi connectivity index (χ3v) is 12.0. The van der Waals surface area contributed by atoms with Crippen LogP contribution in [0.1, 0.15) is 81.1 Å². The Morgan fingerprint density at radius 1 is 1.12 bits per heavy atom. The van der Waals surface area contributed by atoms with Gasteiger partial charge in [-0.25, -0.2) is 9.59 Å². The van der Waals surface area contributed by atoms with E-state index >= 15 is 0 Å². The van der Waals surface area contributed by atoms with Crippen molar-refractivity contribution in [2.45, 2.75) is 111 Å². The molecule has 0 unspecified atom stereocenters. The van der Waals surface area contributed by atoms with Crippen LogP contribution in [-0.2, 0) is 38.1 Å². The van der Waals surface area contributed by atoms with Crippen LogP contribution in [0.5, 0.6) is 0 Å². The number of carbonyl (C=O) groups is 4. The molecule has 3 aliphatic carbocycles. The van der Waals surface area contributed by atoms with Crippen LogP contribution in [0.4, 0.5) is 0 Å². The molecular formula is C33H46O9. The van der Waals surface area contributed by atoms with Gasteiger partial charge in [-0.2, -0.15) is 0 Å². The second kappa shape index (κ2) is 9.74. The molecule has 0 aromatic carbocycles. The summed E-state index contributed by atoms with van der Waals surface area (Å²) in [5.41, 5.74) is -3.22. The molecule has 5 rings (SSSR count). The summed E-state index contributed by atoms with van der Waals surface area (Å²) in [6.45, 7) is 14.9. The molecule has 9 heteroatoms. The number of aliphatic hydroxyl groups is 1. The molecule has 42 heavy (non-hydrogen) atoms. The lowest BCUT2D eigenvalue weighted by Gasteiger charge is -2.66. The molecule has 2 heterocycles. The quantitative estimate of drug-likeness (QED) is 0.374. The summed E-state index contributed by atoms with van der Waals surface area (Å²) in [6.07, 6.45) is 4.55. The predicted molar refractivity (Wildman–Crippen MR) is 152 cm³/mol. The van der Waals surface area contributed by atoms with Crippen LogP contribution in [0.3, 0.4) is 0 Å². The fourth-order valence-electron chi connectivity index (χ4n) is 9.94. The second-order valence-electron chi connectivity index (χ2n) is 15.0. The number of fused-ring (bicyclic) bond motifs is 5. The van der Waals surface area contributed by atoms with Gasteiger partial charge in [-0.15, -0.1) is 0 Å². The highest BCUT2D eigenvalue weighted by Gasteiger charge is 2.73. The van der Waals surface area contributed by atoms with Gasteiger partial charge >= 0.3 is 17.9 Å². The Morgan fingerprint density at radius 3 is 2.40 bits per heavy atom. The largest absolute Gasteiger partial charge is 0.462 e. The van der Waals surface area contributed by atoms with Crippen LogP contribution in [0.15, 0.2) is 23.8 Å². The molecule has 0 bridgehead atoms. The van der Waals surface area contributed by atoms with E-state index in [1.807, 2.05) is 19.9 Å². The number of ketones is 1. The number of allylic oxidation sites excluding steroid dienone is 1. The average Bonchev–Trinajstić information content (AvgIpc) is 3.36. The molecule has 9 nitrogen and oxygen atoms in total. The van der Waals surface area contributed by atoms with Gasteiger partial charge in [0, 0.05) is 55.3 Å². The highest BCUT2D eigenvalue weighted by molar-refractivity contribution is 5.95. The number of carbonyl (C=O) groups excluding carboxylic acids is 4. The zero-order chi connectivity index (χ0) is 31.2. The fraction of sp³-hybridized carbons (Fsp3) is 0.758. The summed E-state index contributed by atoms with van der Waals surface area (Å²) in [5.74, 6) is -2.46. The van der Waals surface area contributed by atoms with Crippen molar-refractivity contribution in [3.8, 4) is 0 Å². The number of ether oxygens (including phenoxy) is 4. The number of aliphatic hydroxyl groups excluding tert-OH is 1. The Hall–Kier alpha value is -2.52. The number of methoxy groups -OCH3 is 1. The molecule has 3 fully saturated rings. The number of hydrogen-bond acceptors (Lipinski definition) is 9. The van der Waals surface area contributed by atoms with Crippen molar-refractivity contribution in [2.24, 2.45) is 39.9 Å². The monoisotopic (exact) mass is 586 g/mol. The van der Waals surface area contributed by atoms with E-state index in [1.54, 1.807) is 19.9 Å². The number of hydrogen-bond donors (Lipinski definition) is 1. The van der Waals surface area contributed by atoms with Crippen molar-refractivity contribution in [3.63, 3.8) is 0 Å². The van der Waals surface area contributed by atoms with Gasteiger partial charge in [0.15, 0.2) is 0 Å². The zero-order valence-electron chi connectivity index (χ0n) is 26.3. The van der Waals surface area contributed by atoms with Crippen LogP contribution in [0.2, 0.25) is 0 Å². The predicted octanol–water partition coefficient (Wildman–Crippen LogP) is 4.10. The fourth-order valence-corrected chi connectivity index (χ4v) is 9.94. The third-order valence-electron chi connectivity index (χ3n) is 12.0. The highest BCUT2D eigenvalue weighted by atomic mass is 16.6. The first-order chi connectivity index (χ1) is 19.3. The molecule has 0 amide bonds. The maximum Gasteiger partial charge on any atom is 0.334 e. The van der Waals surface area contributed by atoms with E-state index in [0.717, 1.165) is 0 Å². The van der Waals surface area contributed by atoms with Crippen LogP contribution in [0.25, 0.3) is 0 Å². The summed E-state index contributed by atoms with van der Waals surface area (Å²) >= 11 is 0. The maximum atomic E-state index is 14.2. The van der Waals surface area contributed by atoms with Crippen molar-refractivity contribution < 1.29 is 43.2 Å². The van der Waals surface area contributed by atoms with Crippen molar-refractivity contribution in [2.75, 3.05) is 7.11 Å². The molecule has 0 saturated heterocycles. The Kier molecular flexibility index (Phi) is 7.17. The van der Waals surface area contributed by atoms with Crippen LogP contribution < -0.4 is 0 Å². The van der Waals surface area contributed by atoms with Crippen molar-refractivity contribution in [1.29, 1.82) is 0 Å². The first-order valence-electron chi connectivity index (χ1n) is 15.1. The number of rotatable bonds is 5. The van der Waals surface area contributed by atoms with E-state index in [2.05, 4.69) is 20.8 Å². The standard InChI is InChI=1S/C33H46O9/c1-17(34)40-24-16-23-29(2,3)42-25(36)11-13-32(23,7)22-10-12-31(6)19(15-20(35)26(31)33(22,24)8)18-14-21(41-28(18)38)27(37)30(4,5)39-9/h11,13-14,19,21-24,26-27,37H,10,12,15-16H2,1-9H3/t19-,21+,22+,23-,24+,26+,27-,31-,32+,33-/m0/s1. The lowest BCUT2D eigenvalue weighted by atomic mass is 9.39. The van der Waals surface area contributed by atoms with E-state index in [1.165, 1.54) is 20.1 Å². The summed E-state index contributed by atoms with van der Waals surface area (Å²) in [7, 11) is 1.49. The lowest BCUT2D eigenvalue weighted by molar-refractivity contribution is -0.230. The zero-order valence-corrected chi connectivity index (χ0v) is 26.3. The van der Waals surface area contributed by atoms with Crippen molar-refractivity contribution >= 4 is 23.7 Å². The molecule has 0 spiro atoms. The highest BCUT2D eigenvalue weighted by Crippen LogP contribution is 2.72. The van der Waals surface area contributed by atoms with Gasteiger partial charge in [0.1, 0.15) is 29.7 Å². The minimum atomic E-state index is -1.09. The maximum absolute atomic E-state index is 14.2. The Labute approximate surface area is 248 Å².